The van der Waals surface area contributed by atoms with E-state index in [1.165, 1.54) is 47.3 Å². The number of hydrogen-bond donors (Lipinski definition) is 1. The molecule has 1 aromatic rings. The van der Waals surface area contributed by atoms with Gasteiger partial charge >= 0.3 is 0 Å². The molecule has 0 radical (unpaired) electrons. The number of carbonyl (C=O) groups excluding carboxylic acids is 1. The van der Waals surface area contributed by atoms with Crippen LogP contribution in [0.4, 0.5) is 0 Å². The molecule has 0 heterocycles. The Morgan fingerprint density at radius 2 is 2.14 bits per heavy atom. The number of allylic oxidation sites excluding steroid dienone is 1. The fraction of sp³-hybridized carbons (Fsp3) is 0.500. The van der Waals surface area contributed by atoms with Crippen LogP contribution in [0.3, 0.4) is 0 Å². The molecule has 3 heteroatoms. The van der Waals surface area contributed by atoms with Crippen LogP contribution in [0.25, 0.3) is 0 Å². The van der Waals surface area contributed by atoms with Crippen LogP contribution in [0.2, 0.25) is 0 Å². The molecule has 0 saturated heterocycles. The van der Waals surface area contributed by atoms with Crippen LogP contribution >= 0.6 is 11.8 Å². The normalized spacial score (nSPS) is 14.7. The summed E-state index contributed by atoms with van der Waals surface area (Å²) in [7, 11) is 0. The summed E-state index contributed by atoms with van der Waals surface area (Å²) in [6, 6.07) is 6.37. The highest BCUT2D eigenvalue weighted by Gasteiger charge is 2.07. The van der Waals surface area contributed by atoms with Crippen molar-refractivity contribution in [3.05, 3.63) is 41.0 Å². The first kappa shape index (κ1) is 16.2. The van der Waals surface area contributed by atoms with Gasteiger partial charge in [-0.2, -0.15) is 0 Å². The fourth-order valence-corrected chi connectivity index (χ4v) is 3.49. The van der Waals surface area contributed by atoms with Gasteiger partial charge in [-0.15, -0.1) is 11.8 Å². The Balaban J connectivity index is 1.68. The molecule has 1 N–H and O–H groups in total. The molecule has 0 saturated carbocycles. The number of nitrogens with one attached hydrogen (secondary N) is 1. The predicted molar refractivity (Wildman–Crippen MR) is 90.8 cm³/mol. The van der Waals surface area contributed by atoms with Crippen molar-refractivity contribution in [3.63, 3.8) is 0 Å². The van der Waals surface area contributed by atoms with E-state index in [9.17, 15) is 4.79 Å². The van der Waals surface area contributed by atoms with E-state index in [4.69, 9.17) is 0 Å². The number of amides is 1. The number of aryl methyl sites for hydroxylation is 2. The van der Waals surface area contributed by atoms with Gasteiger partial charge in [-0.1, -0.05) is 29.3 Å². The maximum atomic E-state index is 11.9. The van der Waals surface area contributed by atoms with Gasteiger partial charge in [0.25, 0.3) is 0 Å². The Kier molecular flexibility index (Phi) is 6.37. The SMILES string of the molecule is Cc1ccc(SCC(=O)NCCC2=CCCCC2)c(C)c1. The zero-order valence-corrected chi connectivity index (χ0v) is 13.9. The van der Waals surface area contributed by atoms with Crippen LogP contribution < -0.4 is 5.32 Å². The first-order chi connectivity index (χ1) is 10.1. The minimum absolute atomic E-state index is 0.136. The number of rotatable bonds is 6. The van der Waals surface area contributed by atoms with Gasteiger partial charge in [0.2, 0.25) is 5.91 Å². The van der Waals surface area contributed by atoms with Gasteiger partial charge in [0.05, 0.1) is 5.75 Å². The second kappa shape index (κ2) is 8.28. The first-order valence-electron chi connectivity index (χ1n) is 7.80. The van der Waals surface area contributed by atoms with Gasteiger partial charge in [-0.3, -0.25) is 4.79 Å². The van der Waals surface area contributed by atoms with Gasteiger partial charge < -0.3 is 5.32 Å². The van der Waals surface area contributed by atoms with E-state index in [1.54, 1.807) is 11.8 Å². The highest BCUT2D eigenvalue weighted by atomic mass is 32.2. The van der Waals surface area contributed by atoms with Gasteiger partial charge in [-0.05, 0) is 57.6 Å². The second-order valence-electron chi connectivity index (χ2n) is 5.77. The number of benzene rings is 1. The molecule has 21 heavy (non-hydrogen) atoms. The van der Waals surface area contributed by atoms with E-state index in [-0.39, 0.29) is 5.91 Å². The average molecular weight is 303 g/mol. The summed E-state index contributed by atoms with van der Waals surface area (Å²) < 4.78 is 0. The third kappa shape index (κ3) is 5.58. The van der Waals surface area contributed by atoms with E-state index in [1.807, 2.05) is 0 Å². The molecule has 2 nitrogen and oxygen atoms in total. The van der Waals surface area contributed by atoms with Crippen molar-refractivity contribution in [2.75, 3.05) is 12.3 Å². The third-order valence-corrected chi connectivity index (χ3v) is 5.02. The lowest BCUT2D eigenvalue weighted by Gasteiger charge is -2.13. The van der Waals surface area contributed by atoms with E-state index in [0.29, 0.717) is 5.75 Å². The van der Waals surface area contributed by atoms with Crippen LogP contribution in [-0.4, -0.2) is 18.2 Å². The Morgan fingerprint density at radius 3 is 2.86 bits per heavy atom. The molecule has 0 aromatic heterocycles. The van der Waals surface area contributed by atoms with Crippen molar-refractivity contribution in [2.24, 2.45) is 0 Å². The summed E-state index contributed by atoms with van der Waals surface area (Å²) in [5.74, 6) is 0.638. The Bertz CT molecular complexity index is 522. The van der Waals surface area contributed by atoms with Crippen molar-refractivity contribution in [1.82, 2.24) is 5.32 Å². The highest BCUT2D eigenvalue weighted by molar-refractivity contribution is 8.00. The Morgan fingerprint density at radius 1 is 1.29 bits per heavy atom. The van der Waals surface area contributed by atoms with Crippen molar-refractivity contribution in [3.8, 4) is 0 Å². The van der Waals surface area contributed by atoms with Crippen molar-refractivity contribution in [1.29, 1.82) is 0 Å². The molecular weight excluding hydrogens is 278 g/mol. The maximum Gasteiger partial charge on any atom is 0.230 e. The van der Waals surface area contributed by atoms with E-state index in [2.05, 4.69) is 43.4 Å². The molecule has 0 aliphatic heterocycles. The molecule has 0 spiro atoms. The third-order valence-electron chi connectivity index (χ3n) is 3.84. The van der Waals surface area contributed by atoms with E-state index < -0.39 is 0 Å². The minimum atomic E-state index is 0.136. The lowest BCUT2D eigenvalue weighted by molar-refractivity contribution is -0.118. The lowest BCUT2D eigenvalue weighted by Crippen LogP contribution is -2.26. The summed E-state index contributed by atoms with van der Waals surface area (Å²) in [6.07, 6.45) is 8.42. The standard InChI is InChI=1S/C18H25NOS/c1-14-8-9-17(15(2)12-14)21-13-18(20)19-11-10-16-6-4-3-5-7-16/h6,8-9,12H,3-5,7,10-11,13H2,1-2H3,(H,19,20). The predicted octanol–water partition coefficient (Wildman–Crippen LogP) is 4.40. The minimum Gasteiger partial charge on any atom is -0.355 e. The smallest absolute Gasteiger partial charge is 0.230 e. The number of hydrogen-bond acceptors (Lipinski definition) is 2. The van der Waals surface area contributed by atoms with Gasteiger partial charge in [0.15, 0.2) is 0 Å². The molecule has 1 aromatic carbocycles. The van der Waals surface area contributed by atoms with Gasteiger partial charge in [0.1, 0.15) is 0 Å². The molecule has 0 fully saturated rings. The summed E-state index contributed by atoms with van der Waals surface area (Å²) in [6.45, 7) is 4.97. The number of carbonyl (C=O) groups is 1. The average Bonchev–Trinajstić information content (AvgIpc) is 2.47. The second-order valence-corrected chi connectivity index (χ2v) is 6.78. The monoisotopic (exact) mass is 303 g/mol. The zero-order valence-electron chi connectivity index (χ0n) is 13.1. The maximum absolute atomic E-state index is 11.9. The molecular formula is C18H25NOS. The molecule has 2 rings (SSSR count). The van der Waals surface area contributed by atoms with Crippen LogP contribution in [0, 0.1) is 13.8 Å². The van der Waals surface area contributed by atoms with Crippen molar-refractivity contribution >= 4 is 17.7 Å². The van der Waals surface area contributed by atoms with Crippen LogP contribution in [-0.2, 0) is 4.79 Å². The topological polar surface area (TPSA) is 29.1 Å². The fourth-order valence-electron chi connectivity index (χ4n) is 2.65. The summed E-state index contributed by atoms with van der Waals surface area (Å²) >= 11 is 1.62. The molecule has 0 bridgehead atoms. The highest BCUT2D eigenvalue weighted by Crippen LogP contribution is 2.23. The lowest BCUT2D eigenvalue weighted by atomic mass is 9.97. The Labute approximate surface area is 132 Å². The van der Waals surface area contributed by atoms with E-state index in [0.717, 1.165) is 13.0 Å². The van der Waals surface area contributed by atoms with Crippen LogP contribution in [0.1, 0.15) is 43.2 Å². The largest absolute Gasteiger partial charge is 0.355 e. The zero-order chi connectivity index (χ0) is 15.1. The summed E-state index contributed by atoms with van der Waals surface area (Å²) in [5, 5.41) is 3.03. The summed E-state index contributed by atoms with van der Waals surface area (Å²) in [5.41, 5.74) is 4.03. The number of thioether (sulfide) groups is 1. The molecule has 1 amide bonds. The Hall–Kier alpha value is -1.22. The first-order valence-corrected chi connectivity index (χ1v) is 8.78. The van der Waals surface area contributed by atoms with Crippen molar-refractivity contribution in [2.45, 2.75) is 50.8 Å². The van der Waals surface area contributed by atoms with Crippen LogP contribution in [0.15, 0.2) is 34.7 Å². The molecule has 114 valence electrons. The van der Waals surface area contributed by atoms with Crippen LogP contribution in [0.5, 0.6) is 0 Å². The van der Waals surface area contributed by atoms with E-state index >= 15 is 0 Å². The van der Waals surface area contributed by atoms with Gasteiger partial charge in [-0.25, -0.2) is 0 Å². The molecule has 1 aliphatic carbocycles. The molecule has 1 aliphatic rings. The molecule has 0 unspecified atom stereocenters. The van der Waals surface area contributed by atoms with Crippen molar-refractivity contribution < 1.29 is 4.79 Å². The quantitative estimate of drug-likeness (QED) is 0.623. The summed E-state index contributed by atoms with van der Waals surface area (Å²) in [4.78, 5) is 13.1. The molecule has 0 atom stereocenters. The van der Waals surface area contributed by atoms with Gasteiger partial charge in [0, 0.05) is 11.4 Å².